The molecule has 0 aromatic heterocycles. The molecule has 0 bridgehead atoms. The van der Waals surface area contributed by atoms with E-state index in [4.69, 9.17) is 0 Å². The minimum Gasteiger partial charge on any atom is -0.306 e. The molecule has 54 valence electrons. The molecule has 9 heavy (non-hydrogen) atoms. The predicted octanol–water partition coefficient (Wildman–Crippen LogP) is 1.74. The van der Waals surface area contributed by atoms with Crippen LogP contribution in [0.5, 0.6) is 0 Å². The van der Waals surface area contributed by atoms with Gasteiger partial charge in [-0.1, -0.05) is 6.92 Å². The lowest BCUT2D eigenvalue weighted by Gasteiger charge is -2.11. The van der Waals surface area contributed by atoms with Gasteiger partial charge in [0, 0.05) is 0 Å². The Morgan fingerprint density at radius 2 is 2.00 bits per heavy atom. The highest BCUT2D eigenvalue weighted by atomic mass is 15.1. The third-order valence-corrected chi connectivity index (χ3v) is 2.24. The number of nitrogens with zero attached hydrogens (tertiary/aromatic N) is 1. The summed E-state index contributed by atoms with van der Waals surface area (Å²) >= 11 is 0. The van der Waals surface area contributed by atoms with Crippen molar-refractivity contribution in [2.24, 2.45) is 5.92 Å². The summed E-state index contributed by atoms with van der Waals surface area (Å²) < 4.78 is 0. The van der Waals surface area contributed by atoms with Crippen molar-refractivity contribution in [1.29, 1.82) is 0 Å². The highest BCUT2D eigenvalue weighted by Gasteiger charge is 2.09. The molecule has 1 heteroatoms. The maximum absolute atomic E-state index is 2.43. The third kappa shape index (κ3) is 2.35. The second-order valence-electron chi connectivity index (χ2n) is 3.34. The molecule has 0 aromatic rings. The van der Waals surface area contributed by atoms with Crippen molar-refractivity contribution in [2.75, 3.05) is 20.1 Å². The van der Waals surface area contributed by atoms with Gasteiger partial charge < -0.3 is 4.90 Å². The Kier molecular flexibility index (Phi) is 2.52. The van der Waals surface area contributed by atoms with Crippen molar-refractivity contribution in [2.45, 2.75) is 26.2 Å². The summed E-state index contributed by atoms with van der Waals surface area (Å²) in [6.07, 6.45) is 4.23. The average molecular weight is 127 g/mol. The highest BCUT2D eigenvalue weighted by Crippen LogP contribution is 2.14. The molecule has 1 fully saturated rings. The van der Waals surface area contributed by atoms with E-state index in [-0.39, 0.29) is 0 Å². The lowest BCUT2D eigenvalue weighted by atomic mass is 10.0. The van der Waals surface area contributed by atoms with Gasteiger partial charge >= 0.3 is 0 Å². The highest BCUT2D eigenvalue weighted by molar-refractivity contribution is 4.63. The second-order valence-corrected chi connectivity index (χ2v) is 3.34. The molecule has 0 aromatic carbocycles. The molecule has 0 aliphatic carbocycles. The molecule has 1 aliphatic heterocycles. The van der Waals surface area contributed by atoms with Crippen molar-refractivity contribution >= 4 is 0 Å². The Balaban J connectivity index is 2.25. The lowest BCUT2D eigenvalue weighted by Crippen LogP contribution is -2.18. The quantitative estimate of drug-likeness (QED) is 0.479. The van der Waals surface area contributed by atoms with Crippen molar-refractivity contribution < 1.29 is 0 Å². The Morgan fingerprint density at radius 3 is 2.78 bits per heavy atom. The van der Waals surface area contributed by atoms with Gasteiger partial charge in [0.25, 0.3) is 0 Å². The largest absolute Gasteiger partial charge is 0.306 e. The van der Waals surface area contributed by atoms with E-state index in [0.717, 1.165) is 5.92 Å². The minimum atomic E-state index is 0.968. The van der Waals surface area contributed by atoms with Crippen LogP contribution in [0.1, 0.15) is 26.2 Å². The van der Waals surface area contributed by atoms with E-state index in [2.05, 4.69) is 18.9 Å². The van der Waals surface area contributed by atoms with Crippen molar-refractivity contribution in [3.05, 3.63) is 0 Å². The summed E-state index contributed by atoms with van der Waals surface area (Å²) in [6.45, 7) is 4.98. The van der Waals surface area contributed by atoms with Crippen LogP contribution in [-0.4, -0.2) is 25.0 Å². The molecule has 1 atom stereocenters. The first-order valence-corrected chi connectivity index (χ1v) is 3.97. The van der Waals surface area contributed by atoms with E-state index in [1.54, 1.807) is 0 Å². The molecule has 0 N–H and O–H groups in total. The van der Waals surface area contributed by atoms with E-state index >= 15 is 0 Å². The fourth-order valence-corrected chi connectivity index (χ4v) is 1.41. The first kappa shape index (κ1) is 7.07. The van der Waals surface area contributed by atoms with E-state index in [1.165, 1.54) is 32.4 Å². The topological polar surface area (TPSA) is 3.24 Å². The van der Waals surface area contributed by atoms with Crippen LogP contribution in [-0.2, 0) is 0 Å². The molecular weight excluding hydrogens is 110 g/mol. The maximum atomic E-state index is 2.43. The fourth-order valence-electron chi connectivity index (χ4n) is 1.41. The molecule has 1 heterocycles. The van der Waals surface area contributed by atoms with Crippen LogP contribution in [0.4, 0.5) is 0 Å². The molecule has 0 radical (unpaired) electrons. The zero-order valence-electron chi connectivity index (χ0n) is 6.56. The molecule has 0 saturated carbocycles. The zero-order chi connectivity index (χ0) is 6.69. The summed E-state index contributed by atoms with van der Waals surface area (Å²) in [7, 11) is 2.22. The van der Waals surface area contributed by atoms with Crippen LogP contribution in [0, 0.1) is 5.92 Å². The van der Waals surface area contributed by atoms with Crippen molar-refractivity contribution in [3.63, 3.8) is 0 Å². The molecule has 0 unspecified atom stereocenters. The summed E-state index contributed by atoms with van der Waals surface area (Å²) in [6, 6.07) is 0. The van der Waals surface area contributed by atoms with Crippen LogP contribution in [0.3, 0.4) is 0 Å². The summed E-state index contributed by atoms with van der Waals surface area (Å²) in [5.41, 5.74) is 0. The van der Waals surface area contributed by atoms with Gasteiger partial charge in [0.15, 0.2) is 0 Å². The average Bonchev–Trinajstić information content (AvgIpc) is 1.97. The predicted molar refractivity (Wildman–Crippen MR) is 40.5 cm³/mol. The van der Waals surface area contributed by atoms with Gasteiger partial charge in [-0.05, 0) is 45.3 Å². The second kappa shape index (κ2) is 3.21. The normalized spacial score (nSPS) is 32.0. The van der Waals surface area contributed by atoms with Crippen molar-refractivity contribution in [3.8, 4) is 0 Å². The molecule has 1 nitrogen and oxygen atoms in total. The lowest BCUT2D eigenvalue weighted by molar-refractivity contribution is 0.344. The van der Waals surface area contributed by atoms with Gasteiger partial charge in [0.2, 0.25) is 0 Å². The Hall–Kier alpha value is -0.0400. The zero-order valence-corrected chi connectivity index (χ0v) is 6.56. The number of likely N-dealkylation sites (tertiary alicyclic amines) is 1. The number of rotatable bonds is 0. The van der Waals surface area contributed by atoms with Crippen LogP contribution in [0.25, 0.3) is 0 Å². The summed E-state index contributed by atoms with van der Waals surface area (Å²) in [4.78, 5) is 2.43. The summed E-state index contributed by atoms with van der Waals surface area (Å²) in [5.74, 6) is 0.968. The molecule has 1 saturated heterocycles. The minimum absolute atomic E-state index is 0.968. The monoisotopic (exact) mass is 127 g/mol. The molecule has 1 rings (SSSR count). The molecule has 0 spiro atoms. The smallest absolute Gasteiger partial charge is 0.00192 e. The standard InChI is InChI=1S/C8H17N/c1-8-4-3-6-9(2)7-5-8/h8H,3-7H2,1-2H3/t8-/m1/s1. The van der Waals surface area contributed by atoms with Gasteiger partial charge in [-0.15, -0.1) is 0 Å². The van der Waals surface area contributed by atoms with Gasteiger partial charge in [0.05, 0.1) is 0 Å². The van der Waals surface area contributed by atoms with Crippen LogP contribution in [0.2, 0.25) is 0 Å². The molecular formula is C8H17N. The fraction of sp³-hybridized carbons (Fsp3) is 1.00. The van der Waals surface area contributed by atoms with Gasteiger partial charge in [-0.25, -0.2) is 0 Å². The van der Waals surface area contributed by atoms with Crippen LogP contribution < -0.4 is 0 Å². The Morgan fingerprint density at radius 1 is 1.22 bits per heavy atom. The third-order valence-electron chi connectivity index (χ3n) is 2.24. The maximum Gasteiger partial charge on any atom is -0.00192 e. The van der Waals surface area contributed by atoms with Gasteiger partial charge in [-0.3, -0.25) is 0 Å². The number of hydrogen-bond acceptors (Lipinski definition) is 1. The van der Waals surface area contributed by atoms with Gasteiger partial charge in [0.1, 0.15) is 0 Å². The van der Waals surface area contributed by atoms with E-state index < -0.39 is 0 Å². The van der Waals surface area contributed by atoms with E-state index in [1.807, 2.05) is 0 Å². The van der Waals surface area contributed by atoms with Crippen LogP contribution in [0.15, 0.2) is 0 Å². The molecule has 1 aliphatic rings. The Bertz CT molecular complexity index is 70.6. The van der Waals surface area contributed by atoms with E-state index in [0.29, 0.717) is 0 Å². The van der Waals surface area contributed by atoms with Crippen LogP contribution >= 0.6 is 0 Å². The first-order valence-electron chi connectivity index (χ1n) is 3.97. The SMILES string of the molecule is C[C@@H]1CCCN(C)CC1. The number of hydrogen-bond donors (Lipinski definition) is 0. The van der Waals surface area contributed by atoms with Gasteiger partial charge in [-0.2, -0.15) is 0 Å². The molecule has 0 amide bonds. The first-order chi connectivity index (χ1) is 4.29. The van der Waals surface area contributed by atoms with E-state index in [9.17, 15) is 0 Å². The Labute approximate surface area is 58.0 Å². The van der Waals surface area contributed by atoms with Crippen molar-refractivity contribution in [1.82, 2.24) is 4.90 Å². The summed E-state index contributed by atoms with van der Waals surface area (Å²) in [5, 5.41) is 0.